The van der Waals surface area contributed by atoms with Gasteiger partial charge in [-0.05, 0) is 57.4 Å². The van der Waals surface area contributed by atoms with Crippen molar-refractivity contribution in [1.29, 1.82) is 0 Å². The molecule has 5 heteroatoms. The molecule has 174 valence electrons. The van der Waals surface area contributed by atoms with Crippen molar-refractivity contribution in [3.8, 4) is 0 Å². The Hall–Kier alpha value is -2.37. The minimum absolute atomic E-state index is 0.141. The quantitative estimate of drug-likeness (QED) is 0.466. The third-order valence-electron chi connectivity index (χ3n) is 6.47. The number of guanidine groups is 1. The molecule has 0 radical (unpaired) electrons. The van der Waals surface area contributed by atoms with Gasteiger partial charge in [-0.2, -0.15) is 0 Å². The van der Waals surface area contributed by atoms with Gasteiger partial charge in [0.05, 0.1) is 6.10 Å². The number of hydrogen-bond acceptors (Lipinski definition) is 3. The van der Waals surface area contributed by atoms with Gasteiger partial charge in [-0.15, -0.1) is 0 Å². The number of ether oxygens (including phenoxy) is 1. The highest BCUT2D eigenvalue weighted by atomic mass is 16.5. The molecule has 0 spiro atoms. The lowest BCUT2D eigenvalue weighted by Crippen LogP contribution is -2.41. The fraction of sp³-hybridized carbons (Fsp3) is 0.519. The minimum atomic E-state index is 0.141. The number of benzene rings is 2. The summed E-state index contributed by atoms with van der Waals surface area (Å²) in [5, 5.41) is 7.06. The largest absolute Gasteiger partial charge is 0.373 e. The molecule has 1 aliphatic rings. The van der Waals surface area contributed by atoms with E-state index in [-0.39, 0.29) is 6.10 Å². The molecular formula is C27H40N4O. The van der Waals surface area contributed by atoms with E-state index in [0.717, 1.165) is 45.0 Å². The van der Waals surface area contributed by atoms with Crippen LogP contribution in [-0.2, 0) is 17.8 Å². The Bertz CT molecular complexity index is 862. The summed E-state index contributed by atoms with van der Waals surface area (Å²) in [6.45, 7) is 9.96. The third kappa shape index (κ3) is 6.81. The first-order valence-electron chi connectivity index (χ1n) is 11.9. The Balaban J connectivity index is 1.57. The number of nitrogens with zero attached hydrogens (tertiary/aromatic N) is 2. The van der Waals surface area contributed by atoms with Gasteiger partial charge in [0, 0.05) is 45.2 Å². The smallest absolute Gasteiger partial charge is 0.191 e. The normalized spacial score (nSPS) is 19.4. The molecule has 2 unspecified atom stereocenters. The lowest BCUT2D eigenvalue weighted by molar-refractivity contribution is -0.0265. The molecule has 2 aromatic rings. The van der Waals surface area contributed by atoms with Crippen molar-refractivity contribution in [2.45, 2.75) is 58.8 Å². The van der Waals surface area contributed by atoms with E-state index in [4.69, 9.17) is 4.74 Å². The average Bonchev–Trinajstić information content (AvgIpc) is 2.81. The molecule has 0 aromatic heterocycles. The first kappa shape index (κ1) is 24.3. The molecule has 2 N–H and O–H groups in total. The van der Waals surface area contributed by atoms with Gasteiger partial charge in [-0.3, -0.25) is 9.89 Å². The summed E-state index contributed by atoms with van der Waals surface area (Å²) in [7, 11) is 4.01. The highest BCUT2D eigenvalue weighted by Gasteiger charge is 2.27. The third-order valence-corrected chi connectivity index (χ3v) is 6.47. The van der Waals surface area contributed by atoms with Gasteiger partial charge in [0.2, 0.25) is 0 Å². The van der Waals surface area contributed by atoms with Crippen LogP contribution >= 0.6 is 0 Å². The van der Waals surface area contributed by atoms with Crippen molar-refractivity contribution in [3.63, 3.8) is 0 Å². The molecule has 0 aliphatic carbocycles. The summed E-state index contributed by atoms with van der Waals surface area (Å²) >= 11 is 0. The SMILES string of the molecule is CN=C(NCc1ccccc1CN(C)C(C)C)NCC1CCCOC1c1ccc(C)cc1. The molecule has 1 fully saturated rings. The average molecular weight is 437 g/mol. The van der Waals surface area contributed by atoms with E-state index in [1.54, 1.807) is 0 Å². The standard InChI is InChI=1S/C27H40N4O/c1-20(2)31(5)19-25-10-7-6-9-23(25)17-29-27(28-4)30-18-24-11-8-16-32-26(24)22-14-12-21(3)13-15-22/h6-7,9-10,12-15,20,24,26H,8,11,16-19H2,1-5H3,(H2,28,29,30). The van der Waals surface area contributed by atoms with Gasteiger partial charge in [-0.25, -0.2) is 0 Å². The Kier molecular flexibility index (Phi) is 9.12. The number of aryl methyl sites for hydroxylation is 1. The summed E-state index contributed by atoms with van der Waals surface area (Å²) in [6.07, 6.45) is 2.41. The Morgan fingerprint density at radius 1 is 1.09 bits per heavy atom. The molecule has 2 aromatic carbocycles. The maximum Gasteiger partial charge on any atom is 0.191 e. The van der Waals surface area contributed by atoms with Crippen molar-refractivity contribution in [1.82, 2.24) is 15.5 Å². The molecule has 1 heterocycles. The van der Waals surface area contributed by atoms with Crippen molar-refractivity contribution >= 4 is 5.96 Å². The van der Waals surface area contributed by atoms with E-state index in [9.17, 15) is 0 Å². The summed E-state index contributed by atoms with van der Waals surface area (Å²) < 4.78 is 6.18. The monoisotopic (exact) mass is 436 g/mol. The fourth-order valence-corrected chi connectivity index (χ4v) is 4.14. The Morgan fingerprint density at radius 3 is 2.50 bits per heavy atom. The Labute approximate surface area is 194 Å². The molecule has 1 saturated heterocycles. The molecule has 0 saturated carbocycles. The summed E-state index contributed by atoms with van der Waals surface area (Å²) in [5.74, 6) is 1.27. The van der Waals surface area contributed by atoms with Crippen LogP contribution in [-0.4, -0.2) is 44.1 Å². The van der Waals surface area contributed by atoms with Crippen LogP contribution in [0.15, 0.2) is 53.5 Å². The lowest BCUT2D eigenvalue weighted by Gasteiger charge is -2.32. The van der Waals surface area contributed by atoms with Crippen LogP contribution in [0.5, 0.6) is 0 Å². The van der Waals surface area contributed by atoms with Gasteiger partial charge >= 0.3 is 0 Å². The Morgan fingerprint density at radius 2 is 1.81 bits per heavy atom. The highest BCUT2D eigenvalue weighted by molar-refractivity contribution is 5.79. The number of rotatable bonds is 8. The van der Waals surface area contributed by atoms with Crippen molar-refractivity contribution in [2.24, 2.45) is 10.9 Å². The zero-order chi connectivity index (χ0) is 22.9. The van der Waals surface area contributed by atoms with Gasteiger partial charge in [0.15, 0.2) is 5.96 Å². The van der Waals surface area contributed by atoms with E-state index < -0.39 is 0 Å². The second-order valence-electron chi connectivity index (χ2n) is 9.19. The van der Waals surface area contributed by atoms with E-state index >= 15 is 0 Å². The van der Waals surface area contributed by atoms with E-state index in [2.05, 4.69) is 96.9 Å². The predicted molar refractivity (Wildman–Crippen MR) is 134 cm³/mol. The van der Waals surface area contributed by atoms with Gasteiger partial charge in [0.25, 0.3) is 0 Å². The maximum absolute atomic E-state index is 6.18. The first-order chi connectivity index (χ1) is 15.5. The molecule has 3 rings (SSSR count). The highest BCUT2D eigenvalue weighted by Crippen LogP contribution is 2.33. The minimum Gasteiger partial charge on any atom is -0.373 e. The fourth-order valence-electron chi connectivity index (χ4n) is 4.14. The maximum atomic E-state index is 6.18. The van der Waals surface area contributed by atoms with E-state index in [1.165, 1.54) is 22.3 Å². The molecule has 5 nitrogen and oxygen atoms in total. The molecular weight excluding hydrogens is 396 g/mol. The van der Waals surface area contributed by atoms with Crippen molar-refractivity contribution in [2.75, 3.05) is 27.2 Å². The van der Waals surface area contributed by atoms with Crippen LogP contribution in [0.25, 0.3) is 0 Å². The van der Waals surface area contributed by atoms with Crippen LogP contribution in [0.2, 0.25) is 0 Å². The number of hydrogen-bond donors (Lipinski definition) is 2. The van der Waals surface area contributed by atoms with Crippen LogP contribution in [0.4, 0.5) is 0 Å². The first-order valence-corrected chi connectivity index (χ1v) is 11.9. The van der Waals surface area contributed by atoms with E-state index in [0.29, 0.717) is 12.0 Å². The van der Waals surface area contributed by atoms with Gasteiger partial charge < -0.3 is 15.4 Å². The lowest BCUT2D eigenvalue weighted by atomic mass is 9.89. The second-order valence-corrected chi connectivity index (χ2v) is 9.19. The van der Waals surface area contributed by atoms with Gasteiger partial charge in [-0.1, -0.05) is 54.1 Å². The van der Waals surface area contributed by atoms with Gasteiger partial charge in [0.1, 0.15) is 0 Å². The molecule has 32 heavy (non-hydrogen) atoms. The van der Waals surface area contributed by atoms with Crippen molar-refractivity contribution in [3.05, 3.63) is 70.8 Å². The zero-order valence-electron chi connectivity index (χ0n) is 20.4. The predicted octanol–water partition coefficient (Wildman–Crippen LogP) is 4.67. The van der Waals surface area contributed by atoms with E-state index in [1.807, 2.05) is 7.05 Å². The zero-order valence-corrected chi connectivity index (χ0v) is 20.4. The number of nitrogens with one attached hydrogen (secondary N) is 2. The topological polar surface area (TPSA) is 48.9 Å². The summed E-state index contributed by atoms with van der Waals surface area (Å²) in [6, 6.07) is 17.9. The summed E-state index contributed by atoms with van der Waals surface area (Å²) in [5.41, 5.74) is 5.21. The number of aliphatic imine (C=N–C) groups is 1. The second kappa shape index (κ2) is 12.0. The molecule has 0 bridgehead atoms. The van der Waals surface area contributed by atoms with Crippen LogP contribution in [0.1, 0.15) is 55.0 Å². The molecule has 1 aliphatic heterocycles. The van der Waals surface area contributed by atoms with Crippen LogP contribution < -0.4 is 10.6 Å². The molecule has 0 amide bonds. The molecule has 2 atom stereocenters. The van der Waals surface area contributed by atoms with Crippen LogP contribution in [0.3, 0.4) is 0 Å². The van der Waals surface area contributed by atoms with Crippen LogP contribution in [0, 0.1) is 12.8 Å². The van der Waals surface area contributed by atoms with Crippen molar-refractivity contribution < 1.29 is 4.74 Å². The summed E-state index contributed by atoms with van der Waals surface area (Å²) in [4.78, 5) is 6.82.